The van der Waals surface area contributed by atoms with Gasteiger partial charge in [0.1, 0.15) is 5.75 Å². The summed E-state index contributed by atoms with van der Waals surface area (Å²) in [6.45, 7) is 0. The zero-order valence-electron chi connectivity index (χ0n) is 16.5. The number of fused-ring (bicyclic) bond motifs is 3. The molecule has 3 aliphatic rings. The molecule has 0 heterocycles. The average molecular weight is 414 g/mol. The first-order valence-corrected chi connectivity index (χ1v) is 9.69. The number of nitrogens with two attached hydrogens (primary N) is 1. The van der Waals surface area contributed by atoms with E-state index in [1.807, 2.05) is 0 Å². The maximum absolute atomic E-state index is 13.3. The first-order chi connectivity index (χ1) is 14.0. The Balaban J connectivity index is 1.83. The number of hydrogen-bond donors (Lipinski definition) is 3. The van der Waals surface area contributed by atoms with E-state index in [-0.39, 0.29) is 30.6 Å². The van der Waals surface area contributed by atoms with Crippen molar-refractivity contribution >= 4 is 34.7 Å². The summed E-state index contributed by atoms with van der Waals surface area (Å²) in [5.41, 5.74) is 3.85. The second-order valence-electron chi connectivity index (χ2n) is 8.59. The standard InChI is InChI=1S/C21H22N2O7/c1-23(2)11-3-4-12(24)15-10(11)6-8-5-9-7-13(25)16(20(22)29)19(28)21(9,30)18(27)14(8)17(15)26/h3-4,8-9,14,16,24,30H,5-7H2,1-2H3,(H2,22,29)/t8-,9+,14?,16?,21+/m1/s1. The molecule has 4 rings (SSSR count). The summed E-state index contributed by atoms with van der Waals surface area (Å²) in [5.74, 6) is -9.93. The summed E-state index contributed by atoms with van der Waals surface area (Å²) < 4.78 is 0. The number of primary amides is 1. The van der Waals surface area contributed by atoms with Gasteiger partial charge >= 0.3 is 0 Å². The van der Waals surface area contributed by atoms with Crippen LogP contribution in [0.25, 0.3) is 0 Å². The number of ketones is 4. The molecule has 0 aliphatic heterocycles. The Hall–Kier alpha value is -3.07. The third kappa shape index (κ3) is 2.48. The highest BCUT2D eigenvalue weighted by Crippen LogP contribution is 2.50. The maximum atomic E-state index is 13.3. The normalized spacial score (nSPS) is 32.9. The fourth-order valence-electron chi connectivity index (χ4n) is 5.37. The van der Waals surface area contributed by atoms with E-state index in [4.69, 9.17) is 5.73 Å². The molecule has 9 heteroatoms. The Morgan fingerprint density at radius 3 is 2.40 bits per heavy atom. The molecule has 30 heavy (non-hydrogen) atoms. The number of anilines is 1. The van der Waals surface area contributed by atoms with Crippen LogP contribution in [0, 0.1) is 23.7 Å². The van der Waals surface area contributed by atoms with Crippen LogP contribution >= 0.6 is 0 Å². The van der Waals surface area contributed by atoms with Gasteiger partial charge in [-0.2, -0.15) is 0 Å². The van der Waals surface area contributed by atoms with Crippen molar-refractivity contribution < 1.29 is 34.2 Å². The van der Waals surface area contributed by atoms with Crippen molar-refractivity contribution in [3.05, 3.63) is 23.3 Å². The predicted molar refractivity (Wildman–Crippen MR) is 103 cm³/mol. The lowest BCUT2D eigenvalue weighted by Gasteiger charge is -2.48. The molecule has 1 aromatic carbocycles. The molecule has 3 aliphatic carbocycles. The molecule has 2 unspecified atom stereocenters. The monoisotopic (exact) mass is 414 g/mol. The van der Waals surface area contributed by atoms with Crippen molar-refractivity contribution in [1.82, 2.24) is 0 Å². The largest absolute Gasteiger partial charge is 0.507 e. The van der Waals surface area contributed by atoms with Gasteiger partial charge in [-0.25, -0.2) is 0 Å². The minimum atomic E-state index is -2.61. The Kier molecular flexibility index (Phi) is 4.36. The van der Waals surface area contributed by atoms with Gasteiger partial charge in [-0.3, -0.25) is 24.0 Å². The number of hydrogen-bond acceptors (Lipinski definition) is 8. The number of aliphatic hydroxyl groups is 1. The molecular formula is C21H22N2O7. The number of amides is 1. The van der Waals surface area contributed by atoms with Gasteiger partial charge in [0.05, 0.1) is 11.5 Å². The Bertz CT molecular complexity index is 1030. The van der Waals surface area contributed by atoms with Crippen molar-refractivity contribution in [3.63, 3.8) is 0 Å². The number of Topliss-reactive ketones (excluding diaryl/α,β-unsaturated/α-hetero) is 4. The van der Waals surface area contributed by atoms with Crippen LogP contribution in [0.2, 0.25) is 0 Å². The van der Waals surface area contributed by atoms with Crippen LogP contribution in [0.5, 0.6) is 5.75 Å². The second kappa shape index (κ2) is 6.46. The lowest BCUT2D eigenvalue weighted by Crippen LogP contribution is -2.68. The van der Waals surface area contributed by atoms with Crippen molar-refractivity contribution in [3.8, 4) is 5.75 Å². The molecule has 0 saturated heterocycles. The van der Waals surface area contributed by atoms with Crippen LogP contribution < -0.4 is 10.6 Å². The molecule has 158 valence electrons. The van der Waals surface area contributed by atoms with Gasteiger partial charge in [0.15, 0.2) is 34.7 Å². The predicted octanol–water partition coefficient (Wildman–Crippen LogP) is -0.607. The van der Waals surface area contributed by atoms with Gasteiger partial charge in [0.2, 0.25) is 5.91 Å². The summed E-state index contributed by atoms with van der Waals surface area (Å²) in [6, 6.07) is 3.04. The molecule has 1 amide bonds. The fraction of sp³-hybridized carbons (Fsp3) is 0.476. The summed E-state index contributed by atoms with van der Waals surface area (Å²) in [6.07, 6.45) is 0.0175. The number of aromatic hydroxyl groups is 1. The number of phenols is 1. The van der Waals surface area contributed by atoms with Gasteiger partial charge in [0.25, 0.3) is 0 Å². The first kappa shape index (κ1) is 20.2. The SMILES string of the molecule is CN(C)c1ccc(O)c2c1C[C@H]1C[C@H]3CC(=O)C(C(N)=O)C(=O)[C@@]3(O)C(=O)C1C2=O. The summed E-state index contributed by atoms with van der Waals surface area (Å²) in [4.78, 5) is 65.1. The van der Waals surface area contributed by atoms with E-state index in [9.17, 15) is 34.2 Å². The van der Waals surface area contributed by atoms with E-state index in [1.165, 1.54) is 6.07 Å². The van der Waals surface area contributed by atoms with Crippen LogP contribution in [0.3, 0.4) is 0 Å². The topological polar surface area (TPSA) is 155 Å². The Morgan fingerprint density at radius 1 is 1.13 bits per heavy atom. The number of benzene rings is 1. The summed E-state index contributed by atoms with van der Waals surface area (Å²) in [7, 11) is 3.58. The molecule has 0 bridgehead atoms. The van der Waals surface area contributed by atoms with Gasteiger partial charge in [-0.05, 0) is 36.5 Å². The van der Waals surface area contributed by atoms with E-state index in [1.54, 1.807) is 25.1 Å². The highest BCUT2D eigenvalue weighted by molar-refractivity contribution is 6.31. The number of carbonyl (C=O) groups is 5. The van der Waals surface area contributed by atoms with Crippen LogP contribution in [0.15, 0.2) is 12.1 Å². The Morgan fingerprint density at radius 2 is 1.80 bits per heavy atom. The zero-order chi connectivity index (χ0) is 22.1. The van der Waals surface area contributed by atoms with E-state index >= 15 is 0 Å². The number of nitrogens with zero attached hydrogens (tertiary/aromatic N) is 1. The minimum Gasteiger partial charge on any atom is -0.507 e. The highest BCUT2D eigenvalue weighted by Gasteiger charge is 2.66. The zero-order valence-corrected chi connectivity index (χ0v) is 16.5. The van der Waals surface area contributed by atoms with E-state index in [0.717, 1.165) is 0 Å². The quantitative estimate of drug-likeness (QED) is 0.542. The summed E-state index contributed by atoms with van der Waals surface area (Å²) >= 11 is 0. The molecule has 2 saturated carbocycles. The highest BCUT2D eigenvalue weighted by atomic mass is 16.3. The lowest BCUT2D eigenvalue weighted by molar-refractivity contribution is -0.175. The average Bonchev–Trinajstić information content (AvgIpc) is 2.64. The van der Waals surface area contributed by atoms with Crippen molar-refractivity contribution in [1.29, 1.82) is 0 Å². The first-order valence-electron chi connectivity index (χ1n) is 9.69. The number of rotatable bonds is 2. The Labute approximate surface area is 171 Å². The summed E-state index contributed by atoms with van der Waals surface area (Å²) in [5, 5.41) is 21.4. The third-order valence-electron chi connectivity index (χ3n) is 6.74. The molecule has 4 N–H and O–H groups in total. The minimum absolute atomic E-state index is 0.00337. The molecule has 0 spiro atoms. The van der Waals surface area contributed by atoms with E-state index < -0.39 is 58.3 Å². The lowest BCUT2D eigenvalue weighted by atomic mass is 9.54. The number of carbonyl (C=O) groups excluding carboxylic acids is 5. The molecule has 0 aromatic heterocycles. The van der Waals surface area contributed by atoms with E-state index in [2.05, 4.69) is 0 Å². The molecule has 2 fully saturated rings. The van der Waals surface area contributed by atoms with Crippen LogP contribution in [0.4, 0.5) is 5.69 Å². The van der Waals surface area contributed by atoms with Crippen LogP contribution in [-0.4, -0.2) is 58.9 Å². The van der Waals surface area contributed by atoms with Gasteiger partial charge < -0.3 is 20.8 Å². The molecule has 5 atom stereocenters. The smallest absolute Gasteiger partial charge is 0.235 e. The van der Waals surface area contributed by atoms with Crippen molar-refractivity contribution in [2.24, 2.45) is 29.4 Å². The molecule has 0 radical (unpaired) electrons. The second-order valence-corrected chi connectivity index (χ2v) is 8.59. The van der Waals surface area contributed by atoms with Crippen LogP contribution in [0.1, 0.15) is 28.8 Å². The molecule has 9 nitrogen and oxygen atoms in total. The fourth-order valence-corrected chi connectivity index (χ4v) is 5.37. The van der Waals surface area contributed by atoms with Gasteiger partial charge in [-0.1, -0.05) is 0 Å². The van der Waals surface area contributed by atoms with Gasteiger partial charge in [0, 0.05) is 32.1 Å². The molecular weight excluding hydrogens is 392 g/mol. The third-order valence-corrected chi connectivity index (χ3v) is 6.74. The molecule has 1 aromatic rings. The van der Waals surface area contributed by atoms with E-state index in [0.29, 0.717) is 11.3 Å². The maximum Gasteiger partial charge on any atom is 0.235 e. The number of phenolic OH excluding ortho intramolecular Hbond substituents is 1. The van der Waals surface area contributed by atoms with Crippen molar-refractivity contribution in [2.45, 2.75) is 24.9 Å². The van der Waals surface area contributed by atoms with Crippen molar-refractivity contribution in [2.75, 3.05) is 19.0 Å². The van der Waals surface area contributed by atoms with Gasteiger partial charge in [-0.15, -0.1) is 0 Å². The van der Waals surface area contributed by atoms with Crippen LogP contribution in [-0.2, 0) is 25.6 Å².